The number of benzene rings is 1. The molecule has 0 saturated carbocycles. The van der Waals surface area contributed by atoms with Crippen molar-refractivity contribution >= 4 is 11.7 Å². The molecule has 0 saturated heterocycles. The largest absolute Gasteiger partial charge is 0.466 e. The van der Waals surface area contributed by atoms with Gasteiger partial charge >= 0.3 is 5.97 Å². The zero-order valence-electron chi connectivity index (χ0n) is 11.0. The number of carbonyl (C=O) groups is 1. The maximum Gasteiger partial charge on any atom is 0.310 e. The fraction of sp³-hybridized carbons (Fsp3) is 0.429. The third kappa shape index (κ3) is 3.77. The Bertz CT molecular complexity index is 434. The van der Waals surface area contributed by atoms with E-state index in [0.717, 1.165) is 5.69 Å². The van der Waals surface area contributed by atoms with Gasteiger partial charge in [-0.25, -0.2) is 0 Å². The molecule has 0 aromatic heterocycles. The van der Waals surface area contributed by atoms with Crippen molar-refractivity contribution < 1.29 is 9.53 Å². The summed E-state index contributed by atoms with van der Waals surface area (Å²) in [6.45, 7) is 4.64. The number of hydrogen-bond donors (Lipinski definition) is 0. The average Bonchev–Trinajstić information content (AvgIpc) is 2.39. The summed E-state index contributed by atoms with van der Waals surface area (Å²) in [4.78, 5) is 13.5. The lowest BCUT2D eigenvalue weighted by Crippen LogP contribution is -2.29. The summed E-state index contributed by atoms with van der Waals surface area (Å²) in [5.74, 6) is -0.358. The molecule has 1 aromatic rings. The van der Waals surface area contributed by atoms with Crippen molar-refractivity contribution in [2.45, 2.75) is 13.8 Å². The molecule has 0 spiro atoms. The first-order chi connectivity index (χ1) is 8.58. The van der Waals surface area contributed by atoms with E-state index in [2.05, 4.69) is 6.07 Å². The zero-order valence-corrected chi connectivity index (χ0v) is 11.0. The highest BCUT2D eigenvalue weighted by Crippen LogP contribution is 2.15. The summed E-state index contributed by atoms with van der Waals surface area (Å²) in [6.07, 6.45) is 0. The summed E-state index contributed by atoms with van der Waals surface area (Å²) in [5, 5.41) is 8.72. The van der Waals surface area contributed by atoms with Crippen LogP contribution < -0.4 is 4.90 Å². The van der Waals surface area contributed by atoms with Crippen molar-refractivity contribution in [2.75, 3.05) is 25.1 Å². The van der Waals surface area contributed by atoms with Gasteiger partial charge in [-0.15, -0.1) is 0 Å². The van der Waals surface area contributed by atoms with E-state index in [4.69, 9.17) is 10.00 Å². The monoisotopic (exact) mass is 246 g/mol. The predicted octanol–water partition coefficient (Wildman–Crippen LogP) is 2.19. The predicted molar refractivity (Wildman–Crippen MR) is 70.2 cm³/mol. The molecule has 0 aliphatic heterocycles. The summed E-state index contributed by atoms with van der Waals surface area (Å²) >= 11 is 0. The van der Waals surface area contributed by atoms with Gasteiger partial charge in [-0.05, 0) is 31.2 Å². The minimum Gasteiger partial charge on any atom is -0.466 e. The van der Waals surface area contributed by atoms with Gasteiger partial charge in [0.05, 0.1) is 24.2 Å². The minimum atomic E-state index is -0.182. The molecular weight excluding hydrogens is 228 g/mol. The molecule has 0 aliphatic carbocycles. The summed E-state index contributed by atoms with van der Waals surface area (Å²) in [6, 6.07) is 9.35. The molecule has 0 bridgehead atoms. The van der Waals surface area contributed by atoms with Crippen LogP contribution in [-0.4, -0.2) is 26.2 Å². The van der Waals surface area contributed by atoms with Crippen molar-refractivity contribution in [3.8, 4) is 6.07 Å². The SMILES string of the molecule is CCOC(=O)C(C)CN(C)c1ccc(C#N)cc1. The van der Waals surface area contributed by atoms with Crippen molar-refractivity contribution in [1.29, 1.82) is 5.26 Å². The summed E-state index contributed by atoms with van der Waals surface area (Å²) in [7, 11) is 1.91. The maximum atomic E-state index is 11.5. The number of ether oxygens (including phenoxy) is 1. The molecule has 1 unspecified atom stereocenters. The van der Waals surface area contributed by atoms with E-state index in [9.17, 15) is 4.79 Å². The van der Waals surface area contributed by atoms with Crippen LogP contribution in [0.5, 0.6) is 0 Å². The van der Waals surface area contributed by atoms with Crippen LogP contribution in [0.1, 0.15) is 19.4 Å². The fourth-order valence-corrected chi connectivity index (χ4v) is 1.67. The Morgan fingerprint density at radius 1 is 1.44 bits per heavy atom. The Hall–Kier alpha value is -2.02. The third-order valence-corrected chi connectivity index (χ3v) is 2.67. The molecule has 0 fully saturated rings. The highest BCUT2D eigenvalue weighted by molar-refractivity contribution is 5.72. The lowest BCUT2D eigenvalue weighted by molar-refractivity contribution is -0.147. The topological polar surface area (TPSA) is 53.3 Å². The lowest BCUT2D eigenvalue weighted by atomic mass is 10.1. The summed E-state index contributed by atoms with van der Waals surface area (Å²) < 4.78 is 4.97. The molecule has 0 N–H and O–H groups in total. The second-order valence-electron chi connectivity index (χ2n) is 4.19. The number of anilines is 1. The van der Waals surface area contributed by atoms with E-state index in [-0.39, 0.29) is 11.9 Å². The highest BCUT2D eigenvalue weighted by atomic mass is 16.5. The van der Waals surface area contributed by atoms with E-state index < -0.39 is 0 Å². The molecule has 0 radical (unpaired) electrons. The number of rotatable bonds is 5. The van der Waals surface area contributed by atoms with E-state index in [1.54, 1.807) is 19.1 Å². The normalized spacial score (nSPS) is 11.4. The zero-order chi connectivity index (χ0) is 13.5. The molecule has 0 aliphatic rings. The Labute approximate surface area is 108 Å². The molecule has 4 nitrogen and oxygen atoms in total. The number of nitriles is 1. The first-order valence-electron chi connectivity index (χ1n) is 5.96. The number of nitrogens with zero attached hydrogens (tertiary/aromatic N) is 2. The smallest absolute Gasteiger partial charge is 0.310 e. The molecule has 1 rings (SSSR count). The number of esters is 1. The second kappa shape index (κ2) is 6.65. The van der Waals surface area contributed by atoms with E-state index in [1.807, 2.05) is 31.0 Å². The highest BCUT2D eigenvalue weighted by Gasteiger charge is 2.16. The standard InChI is InChI=1S/C14H18N2O2/c1-4-18-14(17)11(2)10-16(3)13-7-5-12(9-15)6-8-13/h5-8,11H,4,10H2,1-3H3. The van der Waals surface area contributed by atoms with Crippen molar-refractivity contribution in [3.05, 3.63) is 29.8 Å². The van der Waals surface area contributed by atoms with Gasteiger partial charge in [0.1, 0.15) is 0 Å². The number of carbonyl (C=O) groups excluding carboxylic acids is 1. The second-order valence-corrected chi connectivity index (χ2v) is 4.19. The van der Waals surface area contributed by atoms with Crippen LogP contribution in [-0.2, 0) is 9.53 Å². The van der Waals surface area contributed by atoms with Gasteiger partial charge < -0.3 is 9.64 Å². The van der Waals surface area contributed by atoms with E-state index >= 15 is 0 Å². The Morgan fingerprint density at radius 2 is 2.06 bits per heavy atom. The lowest BCUT2D eigenvalue weighted by Gasteiger charge is -2.22. The molecule has 18 heavy (non-hydrogen) atoms. The van der Waals surface area contributed by atoms with Crippen LogP contribution in [0.4, 0.5) is 5.69 Å². The first-order valence-corrected chi connectivity index (χ1v) is 5.96. The molecule has 0 amide bonds. The first kappa shape index (κ1) is 14.0. The van der Waals surface area contributed by atoms with Gasteiger partial charge in [0.15, 0.2) is 0 Å². The van der Waals surface area contributed by atoms with Crippen molar-refractivity contribution in [1.82, 2.24) is 0 Å². The van der Waals surface area contributed by atoms with E-state index in [1.165, 1.54) is 0 Å². The molecule has 1 aromatic carbocycles. The van der Waals surface area contributed by atoms with Gasteiger partial charge in [-0.1, -0.05) is 6.92 Å². The quantitative estimate of drug-likeness (QED) is 0.747. The Balaban J connectivity index is 2.61. The minimum absolute atomic E-state index is 0.175. The molecule has 96 valence electrons. The number of hydrogen-bond acceptors (Lipinski definition) is 4. The van der Waals surface area contributed by atoms with Gasteiger partial charge in [0.25, 0.3) is 0 Å². The van der Waals surface area contributed by atoms with Crippen LogP contribution >= 0.6 is 0 Å². The fourth-order valence-electron chi connectivity index (χ4n) is 1.67. The van der Waals surface area contributed by atoms with Crippen molar-refractivity contribution in [3.63, 3.8) is 0 Å². The van der Waals surface area contributed by atoms with Crippen LogP contribution in [0.3, 0.4) is 0 Å². The van der Waals surface area contributed by atoms with Gasteiger partial charge in [0.2, 0.25) is 0 Å². The van der Waals surface area contributed by atoms with Crippen LogP contribution in [0, 0.1) is 17.2 Å². The van der Waals surface area contributed by atoms with Gasteiger partial charge in [-0.2, -0.15) is 5.26 Å². The van der Waals surface area contributed by atoms with Crippen LogP contribution in [0.15, 0.2) is 24.3 Å². The van der Waals surface area contributed by atoms with Crippen molar-refractivity contribution in [2.24, 2.45) is 5.92 Å². The van der Waals surface area contributed by atoms with Gasteiger partial charge in [-0.3, -0.25) is 4.79 Å². The molecule has 0 heterocycles. The van der Waals surface area contributed by atoms with Gasteiger partial charge in [0, 0.05) is 19.3 Å². The molecule has 4 heteroatoms. The molecular formula is C14H18N2O2. The Morgan fingerprint density at radius 3 is 2.56 bits per heavy atom. The maximum absolute atomic E-state index is 11.5. The average molecular weight is 246 g/mol. The third-order valence-electron chi connectivity index (χ3n) is 2.67. The Kier molecular flexibility index (Phi) is 5.19. The van der Waals surface area contributed by atoms with Crippen LogP contribution in [0.2, 0.25) is 0 Å². The van der Waals surface area contributed by atoms with Crippen LogP contribution in [0.25, 0.3) is 0 Å². The van der Waals surface area contributed by atoms with E-state index in [0.29, 0.717) is 18.7 Å². The summed E-state index contributed by atoms with van der Waals surface area (Å²) in [5.41, 5.74) is 1.61. The molecule has 1 atom stereocenters.